The molecular formula is C26H18S4. The maximum atomic E-state index is 2.50. The third kappa shape index (κ3) is 2.54. The Hall–Kier alpha value is -1.98. The Morgan fingerprint density at radius 2 is 0.967 bits per heavy atom. The van der Waals surface area contributed by atoms with Gasteiger partial charge in [0.1, 0.15) is 0 Å². The number of fused-ring (bicyclic) bond motifs is 6. The minimum absolute atomic E-state index is 1.08. The maximum absolute atomic E-state index is 2.50. The van der Waals surface area contributed by atoms with Gasteiger partial charge in [0.25, 0.3) is 0 Å². The molecule has 7 rings (SSSR count). The molecule has 0 fully saturated rings. The highest BCUT2D eigenvalue weighted by molar-refractivity contribution is 7.24. The van der Waals surface area contributed by atoms with Gasteiger partial charge in [-0.3, -0.25) is 0 Å². The minimum Gasteiger partial charge on any atom is -0.140 e. The average molecular weight is 459 g/mol. The standard InChI is InChI=1S/C26H18S4/c1-13-3-5-21(27-13)23-11-17-7-15-10-20-16(9-19(15)25(17)29-23)8-18-12-24(30-26(18)20)22-6-4-14(2)28-22/h3-6,9-12H,7-8H2,1-2H3. The topological polar surface area (TPSA) is 0 Å². The van der Waals surface area contributed by atoms with E-state index in [2.05, 4.69) is 62.4 Å². The lowest BCUT2D eigenvalue weighted by Gasteiger charge is -2.06. The Balaban J connectivity index is 1.29. The molecule has 4 aromatic heterocycles. The summed E-state index contributed by atoms with van der Waals surface area (Å²) in [5, 5.41) is 0. The van der Waals surface area contributed by atoms with E-state index in [1.54, 1.807) is 0 Å². The highest BCUT2D eigenvalue weighted by Gasteiger charge is 2.29. The summed E-state index contributed by atoms with van der Waals surface area (Å²) < 4.78 is 0. The van der Waals surface area contributed by atoms with Gasteiger partial charge in [-0.25, -0.2) is 0 Å². The van der Waals surface area contributed by atoms with E-state index in [0.29, 0.717) is 0 Å². The van der Waals surface area contributed by atoms with Gasteiger partial charge < -0.3 is 0 Å². The predicted molar refractivity (Wildman–Crippen MR) is 135 cm³/mol. The van der Waals surface area contributed by atoms with Crippen LogP contribution in [-0.4, -0.2) is 0 Å². The van der Waals surface area contributed by atoms with Crippen LogP contribution in [0.5, 0.6) is 0 Å². The molecule has 5 aromatic rings. The van der Waals surface area contributed by atoms with Crippen LogP contribution >= 0.6 is 45.3 Å². The lowest BCUT2D eigenvalue weighted by molar-refractivity contribution is 1.24. The summed E-state index contributed by atoms with van der Waals surface area (Å²) in [6.45, 7) is 4.38. The third-order valence-electron chi connectivity index (χ3n) is 6.16. The smallest absolute Gasteiger partial charge is 0.0452 e. The van der Waals surface area contributed by atoms with Crippen LogP contribution in [-0.2, 0) is 12.8 Å². The van der Waals surface area contributed by atoms with Gasteiger partial charge in [-0.05, 0) is 109 Å². The van der Waals surface area contributed by atoms with E-state index < -0.39 is 0 Å². The van der Waals surface area contributed by atoms with E-state index >= 15 is 0 Å². The molecule has 30 heavy (non-hydrogen) atoms. The Labute approximate surface area is 192 Å². The molecule has 2 aliphatic carbocycles. The van der Waals surface area contributed by atoms with Crippen LogP contribution in [0.3, 0.4) is 0 Å². The zero-order valence-corrected chi connectivity index (χ0v) is 19.9. The highest BCUT2D eigenvalue weighted by atomic mass is 32.1. The summed E-state index contributed by atoms with van der Waals surface area (Å²) in [7, 11) is 0. The molecule has 0 unspecified atom stereocenters. The molecule has 0 amide bonds. The first-order chi connectivity index (χ1) is 14.6. The van der Waals surface area contributed by atoms with Crippen LogP contribution in [0.1, 0.15) is 32.0 Å². The first-order valence-electron chi connectivity index (χ1n) is 10.2. The fourth-order valence-electron chi connectivity index (χ4n) is 4.77. The fourth-order valence-corrected chi connectivity index (χ4v) is 9.13. The van der Waals surface area contributed by atoms with Crippen molar-refractivity contribution in [3.05, 3.63) is 80.5 Å². The Kier molecular flexibility index (Phi) is 3.69. The van der Waals surface area contributed by atoms with Crippen LogP contribution < -0.4 is 0 Å². The number of thiophene rings is 4. The molecule has 1 aromatic carbocycles. The molecule has 0 radical (unpaired) electrons. The van der Waals surface area contributed by atoms with Crippen molar-refractivity contribution in [1.82, 2.24) is 0 Å². The molecule has 4 heteroatoms. The quantitative estimate of drug-likeness (QED) is 0.242. The third-order valence-corrected chi connectivity index (χ3v) is 11.0. The van der Waals surface area contributed by atoms with Gasteiger partial charge in [0.05, 0.1) is 0 Å². The van der Waals surface area contributed by atoms with Crippen LogP contribution in [0.15, 0.2) is 48.5 Å². The summed E-state index contributed by atoms with van der Waals surface area (Å²) in [5.74, 6) is 0. The summed E-state index contributed by atoms with van der Waals surface area (Å²) in [6, 6.07) is 18.9. The molecule has 0 bridgehead atoms. The first kappa shape index (κ1) is 17.7. The number of benzene rings is 1. The number of aryl methyl sites for hydroxylation is 2. The molecule has 0 saturated heterocycles. The maximum Gasteiger partial charge on any atom is 0.0452 e. The molecule has 2 aliphatic rings. The van der Waals surface area contributed by atoms with Crippen LogP contribution in [0, 0.1) is 13.8 Å². The molecule has 0 nitrogen and oxygen atoms in total. The normalized spacial score (nSPS) is 13.4. The number of rotatable bonds is 2. The second kappa shape index (κ2) is 6.27. The van der Waals surface area contributed by atoms with Crippen molar-refractivity contribution in [2.45, 2.75) is 26.7 Å². The van der Waals surface area contributed by atoms with E-state index in [0.717, 1.165) is 12.8 Å². The van der Waals surface area contributed by atoms with Crippen LogP contribution in [0.25, 0.3) is 40.4 Å². The van der Waals surface area contributed by atoms with Gasteiger partial charge in [-0.1, -0.05) is 0 Å². The van der Waals surface area contributed by atoms with Crippen molar-refractivity contribution < 1.29 is 0 Å². The molecule has 146 valence electrons. The molecule has 4 heterocycles. The zero-order chi connectivity index (χ0) is 20.0. The summed E-state index contributed by atoms with van der Waals surface area (Å²) in [6.07, 6.45) is 2.16. The minimum atomic E-state index is 1.08. The average Bonchev–Trinajstić information content (AvgIpc) is 3.50. The predicted octanol–water partition coefficient (Wildman–Crippen LogP) is 9.03. The number of hydrogen-bond acceptors (Lipinski definition) is 4. The van der Waals surface area contributed by atoms with Crippen molar-refractivity contribution in [2.75, 3.05) is 0 Å². The van der Waals surface area contributed by atoms with Crippen LogP contribution in [0.2, 0.25) is 0 Å². The SMILES string of the molecule is Cc1ccc(-c2cc3c(s2)-c2cc4c(cc2C3)-c2sc(-c3ccc(C)s3)cc2C4)s1. The largest absolute Gasteiger partial charge is 0.140 e. The van der Waals surface area contributed by atoms with Gasteiger partial charge in [-0.15, -0.1) is 45.3 Å². The lowest BCUT2D eigenvalue weighted by atomic mass is 10.0. The van der Waals surface area contributed by atoms with Crippen LogP contribution in [0.4, 0.5) is 0 Å². The molecule has 0 saturated carbocycles. The molecule has 0 N–H and O–H groups in total. The number of hydrogen-bond donors (Lipinski definition) is 0. The molecule has 0 spiro atoms. The second-order valence-electron chi connectivity index (χ2n) is 8.27. The molecular weight excluding hydrogens is 441 g/mol. The van der Waals surface area contributed by atoms with Gasteiger partial charge in [-0.2, -0.15) is 0 Å². The lowest BCUT2D eigenvalue weighted by Crippen LogP contribution is -1.86. The van der Waals surface area contributed by atoms with E-state index in [9.17, 15) is 0 Å². The van der Waals surface area contributed by atoms with Crippen molar-refractivity contribution in [2.24, 2.45) is 0 Å². The van der Waals surface area contributed by atoms with Crippen molar-refractivity contribution in [3.63, 3.8) is 0 Å². The van der Waals surface area contributed by atoms with E-state index in [4.69, 9.17) is 0 Å². The Bertz CT molecular complexity index is 1350. The van der Waals surface area contributed by atoms with Gasteiger partial charge in [0.15, 0.2) is 0 Å². The molecule has 0 atom stereocenters. The van der Waals surface area contributed by atoms with Gasteiger partial charge in [0, 0.05) is 39.0 Å². The van der Waals surface area contributed by atoms with E-state index in [1.807, 2.05) is 45.3 Å². The van der Waals surface area contributed by atoms with Gasteiger partial charge >= 0.3 is 0 Å². The second-order valence-corrected chi connectivity index (χ2v) is 13.0. The zero-order valence-electron chi connectivity index (χ0n) is 16.7. The van der Waals surface area contributed by atoms with Gasteiger partial charge in [0.2, 0.25) is 0 Å². The van der Waals surface area contributed by atoms with Crippen molar-refractivity contribution >= 4 is 45.3 Å². The fraction of sp³-hybridized carbons (Fsp3) is 0.154. The highest BCUT2D eigenvalue weighted by Crippen LogP contribution is 2.52. The first-order valence-corrected chi connectivity index (χ1v) is 13.4. The van der Waals surface area contributed by atoms with E-state index in [1.165, 1.54) is 72.4 Å². The molecule has 0 aliphatic heterocycles. The Morgan fingerprint density at radius 3 is 1.37 bits per heavy atom. The monoisotopic (exact) mass is 458 g/mol. The van der Waals surface area contributed by atoms with E-state index in [-0.39, 0.29) is 0 Å². The van der Waals surface area contributed by atoms with Crippen molar-refractivity contribution in [1.29, 1.82) is 0 Å². The van der Waals surface area contributed by atoms with Crippen molar-refractivity contribution in [3.8, 4) is 40.4 Å². The summed E-state index contributed by atoms with van der Waals surface area (Å²) in [5.41, 5.74) is 9.02. The Morgan fingerprint density at radius 1 is 0.500 bits per heavy atom. The summed E-state index contributed by atoms with van der Waals surface area (Å²) in [4.78, 5) is 11.5. The summed E-state index contributed by atoms with van der Waals surface area (Å²) >= 11 is 7.77.